The van der Waals surface area contributed by atoms with Gasteiger partial charge in [-0.1, -0.05) is 44.2 Å². The smallest absolute Gasteiger partial charge is 0.0950 e. The van der Waals surface area contributed by atoms with Crippen LogP contribution in [0.3, 0.4) is 0 Å². The Hall–Kier alpha value is -2.81. The number of fused-ring (bicyclic) bond motifs is 4. The Bertz CT molecular complexity index is 1040. The Morgan fingerprint density at radius 2 is 1.69 bits per heavy atom. The van der Waals surface area contributed by atoms with Gasteiger partial charge in [0.25, 0.3) is 0 Å². The van der Waals surface area contributed by atoms with E-state index in [-0.39, 0.29) is 5.41 Å². The molecule has 1 aliphatic carbocycles. The number of nitrogens with zero attached hydrogens (tertiary/aromatic N) is 3. The first-order valence-corrected chi connectivity index (χ1v) is 9.18. The van der Waals surface area contributed by atoms with E-state index in [4.69, 9.17) is 4.98 Å². The van der Waals surface area contributed by atoms with Crippen molar-refractivity contribution in [3.63, 3.8) is 0 Å². The summed E-state index contributed by atoms with van der Waals surface area (Å²) in [6.07, 6.45) is 1.91. The normalized spacial score (nSPS) is 16.5. The minimum atomic E-state index is -0.108. The van der Waals surface area contributed by atoms with Gasteiger partial charge in [0.15, 0.2) is 0 Å². The van der Waals surface area contributed by atoms with E-state index in [1.54, 1.807) is 0 Å². The molecule has 3 aromatic rings. The molecule has 0 unspecified atom stereocenters. The van der Waals surface area contributed by atoms with Crippen molar-refractivity contribution in [3.8, 4) is 11.1 Å². The van der Waals surface area contributed by atoms with Gasteiger partial charge < -0.3 is 9.80 Å². The Morgan fingerprint density at radius 1 is 0.923 bits per heavy atom. The summed E-state index contributed by atoms with van der Waals surface area (Å²) in [5.41, 5.74) is 10.3. The SMILES string of the molecule is Cc1ccc2c(c1N1CN(C)c3ccccc31)C(C)(C)c1ncccc1-2. The number of aryl methyl sites for hydroxylation is 1. The predicted octanol–water partition coefficient (Wildman–Crippen LogP) is 5.24. The molecule has 3 heteroatoms. The van der Waals surface area contributed by atoms with Crippen LogP contribution in [0, 0.1) is 6.92 Å². The molecule has 0 saturated carbocycles. The first kappa shape index (κ1) is 15.4. The third kappa shape index (κ3) is 1.86. The summed E-state index contributed by atoms with van der Waals surface area (Å²) >= 11 is 0. The monoisotopic (exact) mass is 341 g/mol. The lowest BCUT2D eigenvalue weighted by Gasteiger charge is -2.30. The quantitative estimate of drug-likeness (QED) is 0.603. The van der Waals surface area contributed by atoms with Crippen LogP contribution in [0.25, 0.3) is 11.1 Å². The summed E-state index contributed by atoms with van der Waals surface area (Å²) in [5.74, 6) is 0. The zero-order valence-corrected chi connectivity index (χ0v) is 15.7. The van der Waals surface area contributed by atoms with Gasteiger partial charge in [-0.3, -0.25) is 4.98 Å². The van der Waals surface area contributed by atoms with Crippen LogP contribution in [0.4, 0.5) is 17.1 Å². The number of pyridine rings is 1. The van der Waals surface area contributed by atoms with Crippen molar-refractivity contribution in [1.29, 1.82) is 0 Å². The second-order valence-corrected chi connectivity index (χ2v) is 7.93. The predicted molar refractivity (Wildman–Crippen MR) is 108 cm³/mol. The number of rotatable bonds is 1. The molecule has 2 aliphatic rings. The molecule has 0 atom stereocenters. The van der Waals surface area contributed by atoms with Crippen LogP contribution in [0.5, 0.6) is 0 Å². The topological polar surface area (TPSA) is 19.4 Å². The third-order valence-electron chi connectivity index (χ3n) is 5.90. The van der Waals surface area contributed by atoms with Gasteiger partial charge >= 0.3 is 0 Å². The molecule has 2 heterocycles. The van der Waals surface area contributed by atoms with E-state index in [9.17, 15) is 0 Å². The fraction of sp³-hybridized carbons (Fsp3) is 0.261. The molecule has 1 aliphatic heterocycles. The largest absolute Gasteiger partial charge is 0.355 e. The van der Waals surface area contributed by atoms with Crippen molar-refractivity contribution in [2.45, 2.75) is 26.2 Å². The maximum absolute atomic E-state index is 4.75. The molecule has 130 valence electrons. The molecule has 1 aromatic heterocycles. The molecule has 0 bridgehead atoms. The summed E-state index contributed by atoms with van der Waals surface area (Å²) in [5, 5.41) is 0. The summed E-state index contributed by atoms with van der Waals surface area (Å²) in [6.45, 7) is 7.71. The molecule has 0 saturated heterocycles. The lowest BCUT2D eigenvalue weighted by molar-refractivity contribution is 0.635. The van der Waals surface area contributed by atoms with Crippen molar-refractivity contribution in [2.24, 2.45) is 0 Å². The summed E-state index contributed by atoms with van der Waals surface area (Å²) in [4.78, 5) is 9.54. The van der Waals surface area contributed by atoms with Crippen molar-refractivity contribution >= 4 is 17.1 Å². The number of anilines is 3. The van der Waals surface area contributed by atoms with Gasteiger partial charge in [0.05, 0.1) is 29.4 Å². The van der Waals surface area contributed by atoms with E-state index in [2.05, 4.69) is 80.1 Å². The Labute approximate surface area is 154 Å². The van der Waals surface area contributed by atoms with E-state index in [0.29, 0.717) is 0 Å². The van der Waals surface area contributed by atoms with Crippen LogP contribution in [-0.2, 0) is 5.41 Å². The highest BCUT2D eigenvalue weighted by Gasteiger charge is 2.41. The molecular formula is C23H23N3. The summed E-state index contributed by atoms with van der Waals surface area (Å²) in [6, 6.07) is 17.5. The highest BCUT2D eigenvalue weighted by Crippen LogP contribution is 2.54. The van der Waals surface area contributed by atoms with Crippen LogP contribution in [-0.4, -0.2) is 18.7 Å². The molecule has 3 nitrogen and oxygen atoms in total. The number of hydrogen-bond acceptors (Lipinski definition) is 3. The van der Waals surface area contributed by atoms with Crippen molar-refractivity contribution in [1.82, 2.24) is 4.98 Å². The second-order valence-electron chi connectivity index (χ2n) is 7.93. The van der Waals surface area contributed by atoms with Crippen LogP contribution < -0.4 is 9.80 Å². The molecule has 26 heavy (non-hydrogen) atoms. The fourth-order valence-electron chi connectivity index (χ4n) is 4.71. The summed E-state index contributed by atoms with van der Waals surface area (Å²) < 4.78 is 0. The molecule has 0 amide bonds. The molecule has 2 aromatic carbocycles. The summed E-state index contributed by atoms with van der Waals surface area (Å²) in [7, 11) is 2.17. The highest BCUT2D eigenvalue weighted by atomic mass is 15.4. The van der Waals surface area contributed by atoms with Crippen molar-refractivity contribution in [2.75, 3.05) is 23.5 Å². The molecular weight excluding hydrogens is 318 g/mol. The van der Waals surface area contributed by atoms with Gasteiger partial charge in [0.2, 0.25) is 0 Å². The maximum atomic E-state index is 4.75. The van der Waals surface area contributed by atoms with Crippen LogP contribution >= 0.6 is 0 Å². The van der Waals surface area contributed by atoms with Crippen LogP contribution in [0.2, 0.25) is 0 Å². The molecule has 0 radical (unpaired) electrons. The zero-order valence-electron chi connectivity index (χ0n) is 15.7. The zero-order chi connectivity index (χ0) is 18.1. The molecule has 0 spiro atoms. The number of para-hydroxylation sites is 2. The Balaban J connectivity index is 1.80. The van der Waals surface area contributed by atoms with Crippen LogP contribution in [0.1, 0.15) is 30.7 Å². The Morgan fingerprint density at radius 3 is 2.50 bits per heavy atom. The van der Waals surface area contributed by atoms with Gasteiger partial charge in [-0.15, -0.1) is 0 Å². The minimum absolute atomic E-state index is 0.108. The number of hydrogen-bond donors (Lipinski definition) is 0. The van der Waals surface area contributed by atoms with Crippen LogP contribution in [0.15, 0.2) is 54.7 Å². The van der Waals surface area contributed by atoms with E-state index >= 15 is 0 Å². The third-order valence-corrected chi connectivity index (χ3v) is 5.90. The molecule has 0 N–H and O–H groups in total. The van der Waals surface area contributed by atoms with Gasteiger partial charge in [-0.25, -0.2) is 0 Å². The fourth-order valence-corrected chi connectivity index (χ4v) is 4.71. The average Bonchev–Trinajstić information content (AvgIpc) is 3.09. The van der Waals surface area contributed by atoms with Crippen molar-refractivity contribution < 1.29 is 0 Å². The lowest BCUT2D eigenvalue weighted by atomic mass is 9.82. The van der Waals surface area contributed by atoms with Gasteiger partial charge in [0, 0.05) is 24.2 Å². The minimum Gasteiger partial charge on any atom is -0.355 e. The number of benzene rings is 2. The maximum Gasteiger partial charge on any atom is 0.0950 e. The van der Waals surface area contributed by atoms with Crippen molar-refractivity contribution in [3.05, 3.63) is 71.5 Å². The first-order chi connectivity index (χ1) is 12.5. The average molecular weight is 341 g/mol. The lowest BCUT2D eigenvalue weighted by Crippen LogP contribution is -2.28. The van der Waals surface area contributed by atoms with Gasteiger partial charge in [-0.05, 0) is 41.8 Å². The van der Waals surface area contributed by atoms with Gasteiger partial charge in [-0.2, -0.15) is 0 Å². The second kappa shape index (κ2) is 5.10. The van der Waals surface area contributed by atoms with E-state index in [1.165, 1.54) is 45.0 Å². The van der Waals surface area contributed by atoms with E-state index in [0.717, 1.165) is 6.67 Å². The molecule has 0 fully saturated rings. The highest BCUT2D eigenvalue weighted by molar-refractivity contribution is 5.91. The first-order valence-electron chi connectivity index (χ1n) is 9.18. The van der Waals surface area contributed by atoms with E-state index in [1.807, 2.05) is 12.3 Å². The van der Waals surface area contributed by atoms with Gasteiger partial charge in [0.1, 0.15) is 0 Å². The molecule has 5 rings (SSSR count). The number of aromatic nitrogens is 1. The standard InChI is InChI=1S/C23H23N3/c1-15-11-12-16-17-8-7-13-24-22(17)23(2,3)20(16)21(15)26-14-25(4)18-9-5-6-10-19(18)26/h5-13H,14H2,1-4H3. The van der Waals surface area contributed by atoms with E-state index < -0.39 is 0 Å². The Kier molecular flexibility index (Phi) is 3.03.